The standard InChI is InChI=1S/C24H21Cl2NO/c1-14-4-7-19(8-5-14)27-23(28)12-17-10-15(2)16(3)11-21(17)24(27)20-9-6-18(25)13-22(20)26/h4-11,13,24H,12H2,1-3H3. The molecule has 0 fully saturated rings. The summed E-state index contributed by atoms with van der Waals surface area (Å²) in [5.74, 6) is 0.0654. The molecule has 4 heteroatoms. The van der Waals surface area contributed by atoms with Gasteiger partial charge in [0.2, 0.25) is 5.91 Å². The van der Waals surface area contributed by atoms with Crippen LogP contribution in [0.15, 0.2) is 54.6 Å². The fourth-order valence-corrected chi connectivity index (χ4v) is 4.38. The van der Waals surface area contributed by atoms with E-state index in [-0.39, 0.29) is 11.9 Å². The Kier molecular flexibility index (Phi) is 4.95. The molecule has 4 rings (SSSR count). The second-order valence-electron chi connectivity index (χ2n) is 7.48. The van der Waals surface area contributed by atoms with Crippen LogP contribution in [-0.2, 0) is 11.2 Å². The van der Waals surface area contributed by atoms with Gasteiger partial charge < -0.3 is 4.90 Å². The molecule has 2 nitrogen and oxygen atoms in total. The number of fused-ring (bicyclic) bond motifs is 1. The monoisotopic (exact) mass is 409 g/mol. The number of rotatable bonds is 2. The van der Waals surface area contributed by atoms with Gasteiger partial charge in [0.25, 0.3) is 0 Å². The molecule has 0 radical (unpaired) electrons. The molecular formula is C24H21Cl2NO. The van der Waals surface area contributed by atoms with Crippen LogP contribution in [0, 0.1) is 20.8 Å². The van der Waals surface area contributed by atoms with Gasteiger partial charge in [0, 0.05) is 15.7 Å². The van der Waals surface area contributed by atoms with Crippen molar-refractivity contribution in [1.29, 1.82) is 0 Å². The predicted molar refractivity (Wildman–Crippen MR) is 117 cm³/mol. The van der Waals surface area contributed by atoms with Gasteiger partial charge in [-0.15, -0.1) is 0 Å². The van der Waals surface area contributed by atoms with Crippen molar-refractivity contribution in [2.75, 3.05) is 4.90 Å². The summed E-state index contributed by atoms with van der Waals surface area (Å²) in [6, 6.07) is 17.6. The SMILES string of the molecule is Cc1ccc(N2C(=O)Cc3cc(C)c(C)cc3C2c2ccc(Cl)cc2Cl)cc1. The summed E-state index contributed by atoms with van der Waals surface area (Å²) in [6.45, 7) is 6.22. The molecule has 1 heterocycles. The summed E-state index contributed by atoms with van der Waals surface area (Å²) in [4.78, 5) is 15.1. The van der Waals surface area contributed by atoms with Gasteiger partial charge in [0.1, 0.15) is 0 Å². The van der Waals surface area contributed by atoms with Gasteiger partial charge in [0.05, 0.1) is 12.5 Å². The van der Waals surface area contributed by atoms with E-state index in [0.29, 0.717) is 16.5 Å². The van der Waals surface area contributed by atoms with Gasteiger partial charge in [-0.1, -0.05) is 59.1 Å². The molecule has 0 N–H and O–H groups in total. The van der Waals surface area contributed by atoms with Crippen LogP contribution in [-0.4, -0.2) is 5.91 Å². The maximum atomic E-state index is 13.3. The predicted octanol–water partition coefficient (Wildman–Crippen LogP) is 6.60. The van der Waals surface area contributed by atoms with E-state index in [1.54, 1.807) is 6.07 Å². The molecule has 28 heavy (non-hydrogen) atoms. The highest BCUT2D eigenvalue weighted by molar-refractivity contribution is 6.35. The zero-order valence-corrected chi connectivity index (χ0v) is 17.6. The molecule has 142 valence electrons. The largest absolute Gasteiger partial charge is 0.300 e. The number of aryl methyl sites for hydroxylation is 3. The fourth-order valence-electron chi connectivity index (χ4n) is 3.87. The molecule has 0 bridgehead atoms. The zero-order chi connectivity index (χ0) is 20.0. The smallest absolute Gasteiger partial charge is 0.232 e. The van der Waals surface area contributed by atoms with Crippen LogP contribution in [0.5, 0.6) is 0 Å². The Balaban J connectivity index is 1.97. The number of benzene rings is 3. The molecule has 1 aliphatic rings. The maximum Gasteiger partial charge on any atom is 0.232 e. The minimum atomic E-state index is -0.289. The van der Waals surface area contributed by atoms with Crippen molar-refractivity contribution < 1.29 is 4.79 Å². The van der Waals surface area contributed by atoms with E-state index >= 15 is 0 Å². The highest BCUT2D eigenvalue weighted by Crippen LogP contribution is 2.42. The maximum absolute atomic E-state index is 13.3. The minimum Gasteiger partial charge on any atom is -0.300 e. The van der Waals surface area contributed by atoms with E-state index in [1.807, 2.05) is 48.2 Å². The Labute approximate surface area is 175 Å². The van der Waals surface area contributed by atoms with E-state index < -0.39 is 0 Å². The molecule has 1 unspecified atom stereocenters. The number of hydrogen-bond donors (Lipinski definition) is 0. The lowest BCUT2D eigenvalue weighted by molar-refractivity contribution is -0.118. The number of anilines is 1. The van der Waals surface area contributed by atoms with Gasteiger partial charge in [0.15, 0.2) is 0 Å². The molecule has 1 amide bonds. The van der Waals surface area contributed by atoms with Crippen molar-refractivity contribution in [2.24, 2.45) is 0 Å². The normalized spacial score (nSPS) is 16.2. The van der Waals surface area contributed by atoms with Crippen molar-refractivity contribution >= 4 is 34.8 Å². The molecule has 3 aromatic carbocycles. The summed E-state index contributed by atoms with van der Waals surface area (Å²) in [7, 11) is 0. The first-order valence-electron chi connectivity index (χ1n) is 9.29. The number of halogens is 2. The molecule has 3 aromatic rings. The lowest BCUT2D eigenvalue weighted by atomic mass is 9.85. The van der Waals surface area contributed by atoms with Crippen molar-refractivity contribution in [1.82, 2.24) is 0 Å². The number of hydrogen-bond acceptors (Lipinski definition) is 1. The zero-order valence-electron chi connectivity index (χ0n) is 16.1. The second kappa shape index (κ2) is 7.27. The van der Waals surface area contributed by atoms with Crippen LogP contribution < -0.4 is 4.90 Å². The number of amides is 1. The van der Waals surface area contributed by atoms with Crippen LogP contribution in [0.1, 0.15) is 39.4 Å². The van der Waals surface area contributed by atoms with Crippen LogP contribution >= 0.6 is 23.2 Å². The first-order chi connectivity index (χ1) is 13.3. The Morgan fingerprint density at radius 3 is 2.21 bits per heavy atom. The number of nitrogens with zero attached hydrogens (tertiary/aromatic N) is 1. The summed E-state index contributed by atoms with van der Waals surface area (Å²) in [6.07, 6.45) is 0.381. The molecule has 0 spiro atoms. The number of carbonyl (C=O) groups is 1. The Morgan fingerprint density at radius 1 is 0.857 bits per heavy atom. The van der Waals surface area contributed by atoms with Crippen LogP contribution in [0.4, 0.5) is 5.69 Å². The molecule has 1 aliphatic heterocycles. The van der Waals surface area contributed by atoms with Crippen molar-refractivity contribution in [3.05, 3.63) is 98.0 Å². The molecule has 0 saturated carbocycles. The molecule has 0 saturated heterocycles. The third-order valence-electron chi connectivity index (χ3n) is 5.49. The molecule has 0 aliphatic carbocycles. The Morgan fingerprint density at radius 2 is 1.54 bits per heavy atom. The van der Waals surface area contributed by atoms with Gasteiger partial charge in [-0.05, 0) is 72.9 Å². The minimum absolute atomic E-state index is 0.0654. The topological polar surface area (TPSA) is 20.3 Å². The highest BCUT2D eigenvalue weighted by atomic mass is 35.5. The van der Waals surface area contributed by atoms with E-state index in [4.69, 9.17) is 23.2 Å². The number of carbonyl (C=O) groups excluding carboxylic acids is 1. The van der Waals surface area contributed by atoms with Crippen LogP contribution in [0.3, 0.4) is 0 Å². The first kappa shape index (κ1) is 19.0. The van der Waals surface area contributed by atoms with E-state index in [2.05, 4.69) is 26.0 Å². The van der Waals surface area contributed by atoms with E-state index in [9.17, 15) is 4.79 Å². The van der Waals surface area contributed by atoms with Gasteiger partial charge in [-0.3, -0.25) is 4.79 Å². The summed E-state index contributed by atoms with van der Waals surface area (Å²) >= 11 is 12.7. The van der Waals surface area contributed by atoms with Gasteiger partial charge in [-0.2, -0.15) is 0 Å². The fraction of sp³-hybridized carbons (Fsp3) is 0.208. The third-order valence-corrected chi connectivity index (χ3v) is 6.05. The molecule has 0 aromatic heterocycles. The average Bonchev–Trinajstić information content (AvgIpc) is 2.64. The van der Waals surface area contributed by atoms with E-state index in [1.165, 1.54) is 11.1 Å². The lowest BCUT2D eigenvalue weighted by Gasteiger charge is -2.38. The van der Waals surface area contributed by atoms with Crippen LogP contribution in [0.2, 0.25) is 10.0 Å². The summed E-state index contributed by atoms with van der Waals surface area (Å²) in [5, 5.41) is 1.14. The summed E-state index contributed by atoms with van der Waals surface area (Å²) < 4.78 is 0. The quantitative estimate of drug-likeness (QED) is 0.466. The Bertz CT molecular complexity index is 1070. The van der Waals surface area contributed by atoms with Gasteiger partial charge >= 0.3 is 0 Å². The van der Waals surface area contributed by atoms with Crippen LogP contribution in [0.25, 0.3) is 0 Å². The second-order valence-corrected chi connectivity index (χ2v) is 8.32. The van der Waals surface area contributed by atoms with Crippen molar-refractivity contribution in [3.8, 4) is 0 Å². The molecule has 1 atom stereocenters. The van der Waals surface area contributed by atoms with E-state index in [0.717, 1.165) is 27.9 Å². The molecular weight excluding hydrogens is 389 g/mol. The van der Waals surface area contributed by atoms with Gasteiger partial charge in [-0.25, -0.2) is 0 Å². The first-order valence-corrected chi connectivity index (χ1v) is 10.0. The third kappa shape index (κ3) is 3.32. The highest BCUT2D eigenvalue weighted by Gasteiger charge is 2.36. The Hall–Kier alpha value is -2.29. The summed E-state index contributed by atoms with van der Waals surface area (Å²) in [5.41, 5.74) is 7.48. The van der Waals surface area contributed by atoms with Crippen molar-refractivity contribution in [3.63, 3.8) is 0 Å². The lowest BCUT2D eigenvalue weighted by Crippen LogP contribution is -2.41. The average molecular weight is 410 g/mol. The van der Waals surface area contributed by atoms with Crippen molar-refractivity contribution in [2.45, 2.75) is 33.2 Å².